The van der Waals surface area contributed by atoms with Gasteiger partial charge in [0.25, 0.3) is 0 Å². The van der Waals surface area contributed by atoms with Gasteiger partial charge in [-0.15, -0.1) is 0 Å². The molecule has 0 bridgehead atoms. The zero-order valence-corrected chi connectivity index (χ0v) is 16.1. The molecule has 1 heterocycles. The van der Waals surface area contributed by atoms with Gasteiger partial charge in [0.05, 0.1) is 24.4 Å². The minimum Gasteiger partial charge on any atom is -0.493 e. The predicted octanol–water partition coefficient (Wildman–Crippen LogP) is 5.09. The molecule has 0 radical (unpaired) electrons. The Labute approximate surface area is 160 Å². The standard InChI is InChI=1S/C21H18BrNO3/c1-25-18-10-13(9-17(22)21(18)26-2)16-11-19(24)23-20-14-6-4-3-5-12(14)7-8-15(16)20/h3-10,16H,11H2,1-2H3,(H,23,24)/t16-/m0/s1. The van der Waals surface area contributed by atoms with E-state index in [0.29, 0.717) is 17.9 Å². The van der Waals surface area contributed by atoms with Gasteiger partial charge in [0.2, 0.25) is 5.91 Å². The van der Waals surface area contributed by atoms with E-state index < -0.39 is 0 Å². The van der Waals surface area contributed by atoms with E-state index in [1.807, 2.05) is 30.3 Å². The van der Waals surface area contributed by atoms with E-state index in [-0.39, 0.29) is 11.8 Å². The Balaban J connectivity index is 1.91. The summed E-state index contributed by atoms with van der Waals surface area (Å²) in [5.74, 6) is 1.27. The van der Waals surface area contributed by atoms with Crippen molar-refractivity contribution in [3.05, 3.63) is 64.1 Å². The van der Waals surface area contributed by atoms with Gasteiger partial charge in [0.15, 0.2) is 11.5 Å². The highest BCUT2D eigenvalue weighted by atomic mass is 79.9. The first-order chi connectivity index (χ1) is 12.6. The fraction of sp³-hybridized carbons (Fsp3) is 0.190. The van der Waals surface area contributed by atoms with Crippen LogP contribution >= 0.6 is 15.9 Å². The lowest BCUT2D eigenvalue weighted by Crippen LogP contribution is -2.23. The summed E-state index contributed by atoms with van der Waals surface area (Å²) in [7, 11) is 3.22. The number of hydrogen-bond donors (Lipinski definition) is 1. The van der Waals surface area contributed by atoms with Gasteiger partial charge < -0.3 is 14.8 Å². The van der Waals surface area contributed by atoms with E-state index in [2.05, 4.69) is 39.4 Å². The Morgan fingerprint density at radius 3 is 2.65 bits per heavy atom. The second kappa shape index (κ2) is 6.65. The van der Waals surface area contributed by atoms with Gasteiger partial charge in [0.1, 0.15) is 0 Å². The summed E-state index contributed by atoms with van der Waals surface area (Å²) in [6.45, 7) is 0. The van der Waals surface area contributed by atoms with Gasteiger partial charge >= 0.3 is 0 Å². The second-order valence-electron chi connectivity index (χ2n) is 6.29. The first-order valence-electron chi connectivity index (χ1n) is 8.35. The van der Waals surface area contributed by atoms with E-state index in [0.717, 1.165) is 32.1 Å². The number of carbonyl (C=O) groups excluding carboxylic acids is 1. The zero-order valence-electron chi connectivity index (χ0n) is 14.5. The topological polar surface area (TPSA) is 47.6 Å². The van der Waals surface area contributed by atoms with E-state index in [4.69, 9.17) is 9.47 Å². The molecule has 0 unspecified atom stereocenters. The fourth-order valence-electron chi connectivity index (χ4n) is 3.64. The average Bonchev–Trinajstić information content (AvgIpc) is 2.66. The van der Waals surface area contributed by atoms with Crippen molar-refractivity contribution in [2.24, 2.45) is 0 Å². The van der Waals surface area contributed by atoms with Gasteiger partial charge in [0, 0.05) is 17.7 Å². The smallest absolute Gasteiger partial charge is 0.225 e. The lowest BCUT2D eigenvalue weighted by Gasteiger charge is -2.28. The maximum atomic E-state index is 12.4. The van der Waals surface area contributed by atoms with E-state index in [1.165, 1.54) is 0 Å². The minimum absolute atomic E-state index is 0.0183. The number of rotatable bonds is 3. The molecule has 1 amide bonds. The van der Waals surface area contributed by atoms with Crippen LogP contribution in [0.25, 0.3) is 10.8 Å². The van der Waals surface area contributed by atoms with E-state index in [9.17, 15) is 4.79 Å². The third-order valence-corrected chi connectivity index (χ3v) is 5.44. The summed E-state index contributed by atoms with van der Waals surface area (Å²) in [6.07, 6.45) is 0.396. The zero-order chi connectivity index (χ0) is 18.3. The third-order valence-electron chi connectivity index (χ3n) is 4.85. The Morgan fingerprint density at radius 2 is 1.88 bits per heavy atom. The van der Waals surface area contributed by atoms with Crippen LogP contribution in [-0.2, 0) is 4.79 Å². The minimum atomic E-state index is -0.0422. The number of amides is 1. The van der Waals surface area contributed by atoms with Gasteiger partial charge in [-0.3, -0.25) is 4.79 Å². The van der Waals surface area contributed by atoms with E-state index in [1.54, 1.807) is 14.2 Å². The van der Waals surface area contributed by atoms with Crippen LogP contribution in [-0.4, -0.2) is 20.1 Å². The van der Waals surface area contributed by atoms with Crippen molar-refractivity contribution in [3.8, 4) is 11.5 Å². The van der Waals surface area contributed by atoms with Gasteiger partial charge in [-0.1, -0.05) is 36.4 Å². The van der Waals surface area contributed by atoms with Crippen LogP contribution in [0.5, 0.6) is 11.5 Å². The maximum absolute atomic E-state index is 12.4. The SMILES string of the molecule is COc1cc([C@@H]2CC(=O)Nc3c2ccc2ccccc32)cc(Br)c1OC. The number of hydrogen-bond acceptors (Lipinski definition) is 3. The molecule has 3 aromatic carbocycles. The molecule has 3 aromatic rings. The van der Waals surface area contributed by atoms with Gasteiger partial charge in [-0.2, -0.15) is 0 Å². The van der Waals surface area contributed by atoms with Crippen molar-refractivity contribution in [1.82, 2.24) is 0 Å². The summed E-state index contributed by atoms with van der Waals surface area (Å²) in [6, 6.07) is 16.3. The van der Waals surface area contributed by atoms with Crippen molar-refractivity contribution in [2.45, 2.75) is 12.3 Å². The second-order valence-corrected chi connectivity index (χ2v) is 7.15. The predicted molar refractivity (Wildman–Crippen MR) is 106 cm³/mol. The molecular weight excluding hydrogens is 394 g/mol. The molecule has 0 fully saturated rings. The summed E-state index contributed by atoms with van der Waals surface area (Å²) < 4.78 is 11.7. The van der Waals surface area contributed by atoms with Crippen LogP contribution in [0.3, 0.4) is 0 Å². The lowest BCUT2D eigenvalue weighted by atomic mass is 9.83. The third kappa shape index (κ3) is 2.72. The number of nitrogens with one attached hydrogen (secondary N) is 1. The highest BCUT2D eigenvalue weighted by molar-refractivity contribution is 9.10. The first kappa shape index (κ1) is 16.9. The summed E-state index contributed by atoms with van der Waals surface area (Å²) in [5.41, 5.74) is 3.03. The Bertz CT molecular complexity index is 1020. The van der Waals surface area contributed by atoms with Crippen LogP contribution < -0.4 is 14.8 Å². The molecule has 4 rings (SSSR count). The quantitative estimate of drug-likeness (QED) is 0.652. The molecule has 1 atom stereocenters. The molecule has 1 aliphatic heterocycles. The van der Waals surface area contributed by atoms with Crippen LogP contribution in [0, 0.1) is 0 Å². The Kier molecular flexibility index (Phi) is 4.32. The van der Waals surface area contributed by atoms with Crippen LogP contribution in [0.4, 0.5) is 5.69 Å². The van der Waals surface area contributed by atoms with Crippen molar-refractivity contribution in [1.29, 1.82) is 0 Å². The Morgan fingerprint density at radius 1 is 1.08 bits per heavy atom. The molecule has 1 N–H and O–H groups in total. The molecule has 0 saturated carbocycles. The van der Waals surface area contributed by atoms with Crippen molar-refractivity contribution >= 4 is 38.3 Å². The molecule has 4 nitrogen and oxygen atoms in total. The first-order valence-corrected chi connectivity index (χ1v) is 9.14. The normalized spacial score (nSPS) is 16.1. The van der Waals surface area contributed by atoms with Crippen LogP contribution in [0.15, 0.2) is 53.0 Å². The largest absolute Gasteiger partial charge is 0.493 e. The summed E-state index contributed by atoms with van der Waals surface area (Å²) in [4.78, 5) is 12.4. The number of fused-ring (bicyclic) bond motifs is 3. The molecular formula is C21H18BrNO3. The molecule has 132 valence electrons. The molecule has 0 aliphatic carbocycles. The highest BCUT2D eigenvalue weighted by Gasteiger charge is 2.29. The molecule has 26 heavy (non-hydrogen) atoms. The number of methoxy groups -OCH3 is 2. The molecule has 5 heteroatoms. The van der Waals surface area contributed by atoms with Gasteiger partial charge in [-0.25, -0.2) is 0 Å². The molecule has 0 aromatic heterocycles. The lowest BCUT2D eigenvalue weighted by molar-refractivity contribution is -0.116. The van der Waals surface area contributed by atoms with Crippen LogP contribution in [0.2, 0.25) is 0 Å². The summed E-state index contributed by atoms with van der Waals surface area (Å²) in [5, 5.41) is 5.23. The average molecular weight is 412 g/mol. The van der Waals surface area contributed by atoms with Crippen molar-refractivity contribution < 1.29 is 14.3 Å². The number of carbonyl (C=O) groups is 1. The number of anilines is 1. The van der Waals surface area contributed by atoms with Crippen molar-refractivity contribution in [2.75, 3.05) is 19.5 Å². The number of ether oxygens (including phenoxy) is 2. The van der Waals surface area contributed by atoms with Crippen molar-refractivity contribution in [3.63, 3.8) is 0 Å². The molecule has 0 spiro atoms. The summed E-state index contributed by atoms with van der Waals surface area (Å²) >= 11 is 3.55. The van der Waals surface area contributed by atoms with E-state index >= 15 is 0 Å². The molecule has 0 saturated heterocycles. The van der Waals surface area contributed by atoms with Gasteiger partial charge in [-0.05, 0) is 44.6 Å². The number of benzene rings is 3. The maximum Gasteiger partial charge on any atom is 0.225 e. The van der Waals surface area contributed by atoms with Crippen LogP contribution in [0.1, 0.15) is 23.5 Å². The Hall–Kier alpha value is -2.53. The number of halogens is 1. The molecule has 1 aliphatic rings. The fourth-order valence-corrected chi connectivity index (χ4v) is 4.26. The monoisotopic (exact) mass is 411 g/mol. The highest BCUT2D eigenvalue weighted by Crippen LogP contribution is 2.45.